The van der Waals surface area contributed by atoms with Gasteiger partial charge in [-0.15, -0.1) is 0 Å². The van der Waals surface area contributed by atoms with Crippen molar-refractivity contribution in [2.75, 3.05) is 0 Å². The molecule has 3 rings (SSSR count). The van der Waals surface area contributed by atoms with Crippen LogP contribution in [0, 0.1) is 5.41 Å². The fourth-order valence-electron chi connectivity index (χ4n) is 3.62. The second-order valence-electron chi connectivity index (χ2n) is 6.01. The summed E-state index contributed by atoms with van der Waals surface area (Å²) in [5.74, 6) is 0.959. The van der Waals surface area contributed by atoms with Gasteiger partial charge in [-0.05, 0) is 63.3 Å². The molecule has 2 fully saturated rings. The molecule has 0 heterocycles. The van der Waals surface area contributed by atoms with Gasteiger partial charge in [0, 0.05) is 10.2 Å². The third-order valence-electron chi connectivity index (χ3n) is 4.90. The van der Waals surface area contributed by atoms with Crippen LogP contribution in [0.1, 0.15) is 44.9 Å². The molecule has 2 atom stereocenters. The lowest BCUT2D eigenvalue weighted by Gasteiger charge is -2.53. The molecular weight excluding hydrogens is 448 g/mol. The quantitative estimate of drug-likeness (QED) is 0.454. The molecule has 110 valence electrons. The molecule has 20 heavy (non-hydrogen) atoms. The summed E-state index contributed by atoms with van der Waals surface area (Å²) in [4.78, 5) is 0.624. The Kier molecular flexibility index (Phi) is 4.83. The highest BCUT2D eigenvalue weighted by atomic mass is 79.9. The van der Waals surface area contributed by atoms with Crippen molar-refractivity contribution in [3.8, 4) is 5.75 Å². The van der Waals surface area contributed by atoms with Crippen molar-refractivity contribution in [1.82, 2.24) is 0 Å². The summed E-state index contributed by atoms with van der Waals surface area (Å²) in [6.07, 6.45) is 9.52. The molecule has 1 nitrogen and oxygen atoms in total. The molecule has 0 saturated heterocycles. The predicted octanol–water partition coefficient (Wildman–Crippen LogP) is 6.47. The van der Waals surface area contributed by atoms with E-state index in [0.29, 0.717) is 16.3 Å². The van der Waals surface area contributed by atoms with Gasteiger partial charge >= 0.3 is 0 Å². The normalized spacial score (nSPS) is 28.8. The zero-order chi connectivity index (χ0) is 14.2. The number of hydrogen-bond acceptors (Lipinski definition) is 1. The van der Waals surface area contributed by atoms with E-state index in [-0.39, 0.29) is 0 Å². The Bertz CT molecular complexity index is 460. The van der Waals surface area contributed by atoms with Crippen LogP contribution in [-0.4, -0.2) is 10.9 Å². The predicted molar refractivity (Wildman–Crippen MR) is 93.7 cm³/mol. The Morgan fingerprint density at radius 1 is 1.00 bits per heavy atom. The highest BCUT2D eigenvalue weighted by molar-refractivity contribution is 9.11. The van der Waals surface area contributed by atoms with E-state index in [1.54, 1.807) is 0 Å². The molecule has 1 aromatic carbocycles. The van der Waals surface area contributed by atoms with Crippen LogP contribution in [0.15, 0.2) is 27.1 Å². The van der Waals surface area contributed by atoms with Gasteiger partial charge in [-0.25, -0.2) is 0 Å². The fraction of sp³-hybridized carbons (Fsp3) is 0.625. The van der Waals surface area contributed by atoms with Gasteiger partial charge in [0.1, 0.15) is 11.9 Å². The molecule has 1 aromatic rings. The lowest BCUT2D eigenvalue weighted by molar-refractivity contribution is -0.0469. The third kappa shape index (κ3) is 2.72. The highest BCUT2D eigenvalue weighted by Crippen LogP contribution is 2.56. The summed E-state index contributed by atoms with van der Waals surface area (Å²) in [6.45, 7) is 0. The average Bonchev–Trinajstić information content (AvgIpc) is 2.69. The van der Waals surface area contributed by atoms with Crippen molar-refractivity contribution in [1.29, 1.82) is 0 Å². The largest absolute Gasteiger partial charge is 0.487 e. The van der Waals surface area contributed by atoms with Crippen LogP contribution in [0.25, 0.3) is 0 Å². The molecule has 0 amide bonds. The minimum Gasteiger partial charge on any atom is -0.487 e. The van der Waals surface area contributed by atoms with Gasteiger partial charge in [0.25, 0.3) is 0 Å². The van der Waals surface area contributed by atoms with Gasteiger partial charge in [0.05, 0.1) is 8.95 Å². The zero-order valence-electron chi connectivity index (χ0n) is 11.4. The van der Waals surface area contributed by atoms with Crippen LogP contribution in [0.5, 0.6) is 5.75 Å². The van der Waals surface area contributed by atoms with E-state index in [9.17, 15) is 0 Å². The first-order valence-electron chi connectivity index (χ1n) is 7.38. The molecule has 0 N–H and O–H groups in total. The number of ether oxygens (including phenoxy) is 1. The molecular formula is C16H19Br3O. The number of para-hydroxylation sites is 1. The van der Waals surface area contributed by atoms with Gasteiger partial charge < -0.3 is 4.74 Å². The molecule has 2 unspecified atom stereocenters. The second kappa shape index (κ2) is 6.29. The number of hydrogen-bond donors (Lipinski definition) is 0. The molecule has 2 aliphatic carbocycles. The minimum absolute atomic E-state index is 0.347. The summed E-state index contributed by atoms with van der Waals surface area (Å²) < 4.78 is 8.48. The fourth-order valence-corrected chi connectivity index (χ4v) is 5.90. The standard InChI is InChI=1S/C16H19Br3O/c17-11-6-5-7-12(18)15(11)20-14-10-13(19)16(14)8-3-1-2-4-9-16/h5-7,13-14H,1-4,8-10H2. The molecule has 2 saturated carbocycles. The zero-order valence-corrected chi connectivity index (χ0v) is 16.1. The maximum absolute atomic E-state index is 6.41. The van der Waals surface area contributed by atoms with E-state index in [2.05, 4.69) is 47.8 Å². The number of benzene rings is 1. The lowest BCUT2D eigenvalue weighted by atomic mass is 9.61. The van der Waals surface area contributed by atoms with E-state index >= 15 is 0 Å². The van der Waals surface area contributed by atoms with Gasteiger partial charge in [-0.3, -0.25) is 0 Å². The van der Waals surface area contributed by atoms with Crippen molar-refractivity contribution >= 4 is 47.8 Å². The topological polar surface area (TPSA) is 9.23 Å². The van der Waals surface area contributed by atoms with Crippen LogP contribution in [0.3, 0.4) is 0 Å². The Hall–Kier alpha value is 0.460. The average molecular weight is 467 g/mol. The van der Waals surface area contributed by atoms with Crippen LogP contribution in [-0.2, 0) is 0 Å². The van der Waals surface area contributed by atoms with E-state index < -0.39 is 0 Å². The van der Waals surface area contributed by atoms with E-state index in [1.807, 2.05) is 18.2 Å². The van der Waals surface area contributed by atoms with Crippen molar-refractivity contribution in [2.24, 2.45) is 5.41 Å². The first-order valence-corrected chi connectivity index (χ1v) is 9.88. The SMILES string of the molecule is Brc1cccc(Br)c1OC1CC(Br)C12CCCCCC2. The molecule has 0 radical (unpaired) electrons. The minimum atomic E-state index is 0.347. The number of rotatable bonds is 2. The molecule has 4 heteroatoms. The van der Waals surface area contributed by atoms with E-state index in [0.717, 1.165) is 21.1 Å². The van der Waals surface area contributed by atoms with Crippen molar-refractivity contribution in [3.63, 3.8) is 0 Å². The van der Waals surface area contributed by atoms with Crippen LogP contribution >= 0.6 is 47.8 Å². The summed E-state index contributed by atoms with van der Waals surface area (Å²) in [5, 5.41) is 0. The van der Waals surface area contributed by atoms with E-state index in [1.165, 1.54) is 38.5 Å². The van der Waals surface area contributed by atoms with Gasteiger partial charge in [-0.1, -0.05) is 47.7 Å². The molecule has 0 aromatic heterocycles. The van der Waals surface area contributed by atoms with Crippen molar-refractivity contribution < 1.29 is 4.74 Å². The van der Waals surface area contributed by atoms with E-state index in [4.69, 9.17) is 4.74 Å². The first-order chi connectivity index (χ1) is 9.63. The summed E-state index contributed by atoms with van der Waals surface area (Å²) in [6, 6.07) is 6.12. The number of alkyl halides is 1. The van der Waals surface area contributed by atoms with Crippen LogP contribution in [0.2, 0.25) is 0 Å². The third-order valence-corrected chi connectivity index (χ3v) is 7.43. The maximum atomic E-state index is 6.41. The lowest BCUT2D eigenvalue weighted by Crippen LogP contribution is -2.56. The molecule has 0 aliphatic heterocycles. The molecule has 2 aliphatic rings. The van der Waals surface area contributed by atoms with Gasteiger partial charge in [0.2, 0.25) is 0 Å². The van der Waals surface area contributed by atoms with Gasteiger partial charge in [0.15, 0.2) is 0 Å². The Morgan fingerprint density at radius 3 is 2.15 bits per heavy atom. The van der Waals surface area contributed by atoms with Crippen LogP contribution in [0.4, 0.5) is 0 Å². The summed E-state index contributed by atoms with van der Waals surface area (Å²) in [7, 11) is 0. The smallest absolute Gasteiger partial charge is 0.148 e. The number of halogens is 3. The Balaban J connectivity index is 1.80. The maximum Gasteiger partial charge on any atom is 0.148 e. The highest BCUT2D eigenvalue weighted by Gasteiger charge is 2.55. The summed E-state index contributed by atoms with van der Waals surface area (Å²) in [5.41, 5.74) is 0.352. The monoisotopic (exact) mass is 464 g/mol. The summed E-state index contributed by atoms with van der Waals surface area (Å²) >= 11 is 11.1. The van der Waals surface area contributed by atoms with Crippen molar-refractivity contribution in [3.05, 3.63) is 27.1 Å². The second-order valence-corrected chi connectivity index (χ2v) is 8.82. The Labute approximate surface area is 146 Å². The molecule has 1 spiro atoms. The van der Waals surface area contributed by atoms with Crippen LogP contribution < -0.4 is 4.74 Å². The Morgan fingerprint density at radius 2 is 1.60 bits per heavy atom. The first kappa shape index (κ1) is 15.4. The van der Waals surface area contributed by atoms with Gasteiger partial charge in [-0.2, -0.15) is 0 Å². The van der Waals surface area contributed by atoms with Crippen molar-refractivity contribution in [2.45, 2.75) is 55.9 Å². The molecule has 0 bridgehead atoms.